The molecule has 0 radical (unpaired) electrons. The summed E-state index contributed by atoms with van der Waals surface area (Å²) in [7, 11) is 1.62. The summed E-state index contributed by atoms with van der Waals surface area (Å²) in [6.45, 7) is 0.504. The average Bonchev–Trinajstić information content (AvgIpc) is 2.48. The second kappa shape index (κ2) is 6.86. The van der Waals surface area contributed by atoms with Crippen molar-refractivity contribution in [1.29, 1.82) is 0 Å². The predicted molar refractivity (Wildman–Crippen MR) is 82.5 cm³/mol. The third-order valence-corrected chi connectivity index (χ3v) is 3.00. The zero-order valence-electron chi connectivity index (χ0n) is 11.0. The monoisotopic (exact) mass is 290 g/mol. The molecule has 2 N–H and O–H groups in total. The van der Waals surface area contributed by atoms with Gasteiger partial charge in [-0.3, -0.25) is 0 Å². The third-order valence-electron chi connectivity index (χ3n) is 2.75. The Morgan fingerprint density at radius 1 is 1.15 bits per heavy atom. The number of halogens is 1. The molecule has 2 aromatic carbocycles. The number of hydrogen-bond acceptors (Lipinski definition) is 2. The smallest absolute Gasteiger partial charge is 0.171 e. The fraction of sp³-hybridized carbons (Fsp3) is 0.133. The van der Waals surface area contributed by atoms with Crippen LogP contribution in [0.5, 0.6) is 5.75 Å². The van der Waals surface area contributed by atoms with E-state index in [4.69, 9.17) is 17.0 Å². The van der Waals surface area contributed by atoms with Crippen LogP contribution in [0.25, 0.3) is 0 Å². The van der Waals surface area contributed by atoms with Gasteiger partial charge in [0.05, 0.1) is 12.8 Å². The minimum absolute atomic E-state index is 0.339. The zero-order valence-corrected chi connectivity index (χ0v) is 11.8. The molecule has 0 unspecified atom stereocenters. The summed E-state index contributed by atoms with van der Waals surface area (Å²) in [5.41, 5.74) is 1.33. The Hall–Kier alpha value is -2.14. The van der Waals surface area contributed by atoms with Gasteiger partial charge in [-0.1, -0.05) is 30.3 Å². The Morgan fingerprint density at radius 2 is 1.85 bits per heavy atom. The van der Waals surface area contributed by atoms with E-state index in [9.17, 15) is 4.39 Å². The van der Waals surface area contributed by atoms with Gasteiger partial charge in [0.25, 0.3) is 0 Å². The van der Waals surface area contributed by atoms with Gasteiger partial charge in [0.1, 0.15) is 11.6 Å². The van der Waals surface area contributed by atoms with Gasteiger partial charge in [0.2, 0.25) is 0 Å². The molecule has 0 aliphatic carbocycles. The van der Waals surface area contributed by atoms with E-state index >= 15 is 0 Å². The van der Waals surface area contributed by atoms with Crippen LogP contribution in [0.2, 0.25) is 0 Å². The van der Waals surface area contributed by atoms with E-state index in [-0.39, 0.29) is 5.82 Å². The highest BCUT2D eigenvalue weighted by atomic mass is 32.1. The number of nitrogens with one attached hydrogen (secondary N) is 2. The molecule has 0 amide bonds. The van der Waals surface area contributed by atoms with Gasteiger partial charge in [-0.25, -0.2) is 4.39 Å². The van der Waals surface area contributed by atoms with Crippen LogP contribution in [0.3, 0.4) is 0 Å². The summed E-state index contributed by atoms with van der Waals surface area (Å²) >= 11 is 5.14. The highest BCUT2D eigenvalue weighted by Crippen LogP contribution is 2.17. The Labute approximate surface area is 122 Å². The van der Waals surface area contributed by atoms with Crippen LogP contribution in [0.4, 0.5) is 10.1 Å². The van der Waals surface area contributed by atoms with Gasteiger partial charge in [-0.15, -0.1) is 0 Å². The molecular formula is C15H15FN2OS. The molecule has 5 heteroatoms. The maximum atomic E-state index is 13.5. The van der Waals surface area contributed by atoms with Crippen molar-refractivity contribution >= 4 is 23.0 Å². The van der Waals surface area contributed by atoms with Crippen molar-refractivity contribution in [3.63, 3.8) is 0 Å². The fourth-order valence-corrected chi connectivity index (χ4v) is 1.94. The van der Waals surface area contributed by atoms with Crippen molar-refractivity contribution in [2.75, 3.05) is 12.4 Å². The van der Waals surface area contributed by atoms with Crippen molar-refractivity contribution in [2.45, 2.75) is 6.54 Å². The van der Waals surface area contributed by atoms with E-state index in [0.29, 0.717) is 17.3 Å². The molecular weight excluding hydrogens is 275 g/mol. The van der Waals surface area contributed by atoms with E-state index in [0.717, 1.165) is 11.3 Å². The van der Waals surface area contributed by atoms with Crippen LogP contribution in [0.1, 0.15) is 5.56 Å². The van der Waals surface area contributed by atoms with Crippen LogP contribution in [-0.2, 0) is 6.54 Å². The van der Waals surface area contributed by atoms with Gasteiger partial charge in [0, 0.05) is 12.1 Å². The molecule has 0 atom stereocenters. The Kier molecular flexibility index (Phi) is 4.90. The number of hydrogen-bond donors (Lipinski definition) is 2. The number of rotatable bonds is 4. The third kappa shape index (κ3) is 3.68. The molecule has 2 rings (SSSR count). The topological polar surface area (TPSA) is 33.3 Å². The molecule has 0 bridgehead atoms. The van der Waals surface area contributed by atoms with Crippen molar-refractivity contribution in [3.05, 3.63) is 59.9 Å². The normalized spacial score (nSPS) is 9.90. The van der Waals surface area contributed by atoms with E-state index in [2.05, 4.69) is 10.6 Å². The van der Waals surface area contributed by atoms with E-state index in [1.165, 1.54) is 6.07 Å². The van der Waals surface area contributed by atoms with Crippen LogP contribution in [0, 0.1) is 5.82 Å². The number of benzene rings is 2. The lowest BCUT2D eigenvalue weighted by Gasteiger charge is -2.13. The van der Waals surface area contributed by atoms with Crippen LogP contribution in [-0.4, -0.2) is 12.2 Å². The first kappa shape index (κ1) is 14.3. The molecule has 0 spiro atoms. The zero-order chi connectivity index (χ0) is 14.4. The highest BCUT2D eigenvalue weighted by Gasteiger charge is 2.05. The summed E-state index contributed by atoms with van der Waals surface area (Å²) in [4.78, 5) is 0. The highest BCUT2D eigenvalue weighted by molar-refractivity contribution is 7.80. The summed E-state index contributed by atoms with van der Waals surface area (Å²) in [5, 5.41) is 6.21. The number of para-hydroxylation sites is 2. The number of thiocarbonyl (C=S) groups is 1. The summed E-state index contributed by atoms with van der Waals surface area (Å²) in [5.74, 6) is 0.447. The quantitative estimate of drug-likeness (QED) is 0.846. The molecule has 2 aromatic rings. The second-order valence-electron chi connectivity index (χ2n) is 4.10. The molecule has 0 aliphatic rings. The van der Waals surface area contributed by atoms with Gasteiger partial charge in [-0.05, 0) is 30.4 Å². The predicted octanol–water partition coefficient (Wildman–Crippen LogP) is 3.32. The SMILES string of the molecule is COc1ccccc1CNC(=S)Nc1ccccc1F. The second-order valence-corrected chi connectivity index (χ2v) is 4.51. The molecule has 0 aliphatic heterocycles. The Balaban J connectivity index is 1.94. The van der Waals surface area contributed by atoms with Crippen molar-refractivity contribution in [1.82, 2.24) is 5.32 Å². The van der Waals surface area contributed by atoms with Crippen molar-refractivity contribution in [3.8, 4) is 5.75 Å². The van der Waals surface area contributed by atoms with Crippen LogP contribution >= 0.6 is 12.2 Å². The first-order valence-corrected chi connectivity index (χ1v) is 6.53. The lowest BCUT2D eigenvalue weighted by atomic mass is 10.2. The first-order chi connectivity index (χ1) is 9.70. The van der Waals surface area contributed by atoms with Crippen LogP contribution in [0.15, 0.2) is 48.5 Å². The Bertz CT molecular complexity index is 604. The number of anilines is 1. The Morgan fingerprint density at radius 3 is 2.60 bits per heavy atom. The van der Waals surface area contributed by atoms with Gasteiger partial charge >= 0.3 is 0 Å². The van der Waals surface area contributed by atoms with E-state index in [1.54, 1.807) is 25.3 Å². The summed E-state index contributed by atoms with van der Waals surface area (Å²) in [6.07, 6.45) is 0. The van der Waals surface area contributed by atoms with Gasteiger partial charge in [0.15, 0.2) is 5.11 Å². The molecule has 3 nitrogen and oxygen atoms in total. The van der Waals surface area contributed by atoms with E-state index < -0.39 is 0 Å². The molecule has 0 saturated carbocycles. The number of methoxy groups -OCH3 is 1. The molecule has 0 heterocycles. The van der Waals surface area contributed by atoms with Gasteiger partial charge < -0.3 is 15.4 Å². The minimum atomic E-state index is -0.339. The summed E-state index contributed by atoms with van der Waals surface area (Å²) < 4.78 is 18.7. The first-order valence-electron chi connectivity index (χ1n) is 6.12. The molecule has 0 saturated heterocycles. The number of ether oxygens (including phenoxy) is 1. The van der Waals surface area contributed by atoms with Gasteiger partial charge in [-0.2, -0.15) is 0 Å². The molecule has 20 heavy (non-hydrogen) atoms. The van der Waals surface area contributed by atoms with Crippen molar-refractivity contribution < 1.29 is 9.13 Å². The average molecular weight is 290 g/mol. The lowest BCUT2D eigenvalue weighted by Crippen LogP contribution is -2.28. The maximum absolute atomic E-state index is 13.5. The van der Waals surface area contributed by atoms with Crippen molar-refractivity contribution in [2.24, 2.45) is 0 Å². The summed E-state index contributed by atoms with van der Waals surface area (Å²) in [6, 6.07) is 14.0. The molecule has 0 aromatic heterocycles. The molecule has 104 valence electrons. The molecule has 0 fully saturated rings. The minimum Gasteiger partial charge on any atom is -0.496 e. The standard InChI is InChI=1S/C15H15FN2OS/c1-19-14-9-5-2-6-11(14)10-17-15(20)18-13-8-4-3-7-12(13)16/h2-9H,10H2,1H3,(H2,17,18,20). The largest absolute Gasteiger partial charge is 0.496 e. The van der Waals surface area contributed by atoms with Crippen LogP contribution < -0.4 is 15.4 Å². The lowest BCUT2D eigenvalue weighted by molar-refractivity contribution is 0.409. The fourth-order valence-electron chi connectivity index (χ4n) is 1.75. The maximum Gasteiger partial charge on any atom is 0.171 e. The van der Waals surface area contributed by atoms with E-state index in [1.807, 2.05) is 24.3 Å².